The van der Waals surface area contributed by atoms with Crippen molar-refractivity contribution >= 4 is 44.9 Å². The molecule has 9 heteroatoms. The summed E-state index contributed by atoms with van der Waals surface area (Å²) in [6, 6.07) is 1.87. The standard InChI is InChI=1S/C14H15ClN4O3S/c15-14-17-9-5-10(13(20)16-8-6-22-7-8)23-11(9)12(18-14)19-1-3-21-4-2-19/h5,8H,1-4,6-7H2,(H,16,20). The predicted molar refractivity (Wildman–Crippen MR) is 87.5 cm³/mol. The summed E-state index contributed by atoms with van der Waals surface area (Å²) in [5.74, 6) is 0.671. The minimum atomic E-state index is -0.106. The first-order chi connectivity index (χ1) is 11.2. The molecular formula is C14H15ClN4O3S. The number of halogens is 1. The highest BCUT2D eigenvalue weighted by Gasteiger charge is 2.24. The Hall–Kier alpha value is -1.48. The molecule has 0 aromatic carbocycles. The van der Waals surface area contributed by atoms with E-state index in [0.29, 0.717) is 36.8 Å². The largest absolute Gasteiger partial charge is 0.378 e. The van der Waals surface area contributed by atoms with Crippen LogP contribution in [0.25, 0.3) is 10.2 Å². The summed E-state index contributed by atoms with van der Waals surface area (Å²) in [7, 11) is 0. The quantitative estimate of drug-likeness (QED) is 0.837. The maximum atomic E-state index is 12.3. The molecule has 2 aromatic rings. The van der Waals surface area contributed by atoms with Crippen LogP contribution in [0.4, 0.5) is 5.82 Å². The topological polar surface area (TPSA) is 76.6 Å². The van der Waals surface area contributed by atoms with Gasteiger partial charge in [0.05, 0.1) is 47.6 Å². The van der Waals surface area contributed by atoms with Crippen LogP contribution in [0.5, 0.6) is 0 Å². The SMILES string of the molecule is O=C(NC1COC1)c1cc2nc(Cl)nc(N3CCOCC3)c2s1. The monoisotopic (exact) mass is 354 g/mol. The molecule has 0 atom stereocenters. The minimum Gasteiger partial charge on any atom is -0.378 e. The number of rotatable bonds is 3. The van der Waals surface area contributed by atoms with Gasteiger partial charge in [0.1, 0.15) is 0 Å². The summed E-state index contributed by atoms with van der Waals surface area (Å²) in [6.45, 7) is 3.96. The fourth-order valence-corrected chi connectivity index (χ4v) is 3.75. The molecule has 7 nitrogen and oxygen atoms in total. The summed E-state index contributed by atoms with van der Waals surface area (Å²) in [5.41, 5.74) is 0.700. The number of nitrogens with zero attached hydrogens (tertiary/aromatic N) is 3. The van der Waals surface area contributed by atoms with E-state index in [1.54, 1.807) is 6.07 Å². The van der Waals surface area contributed by atoms with Crippen LogP contribution in [-0.4, -0.2) is 61.4 Å². The minimum absolute atomic E-state index is 0.0982. The normalized spacial score (nSPS) is 18.9. The molecule has 122 valence electrons. The molecule has 1 amide bonds. The molecule has 0 bridgehead atoms. The molecule has 0 saturated carbocycles. The van der Waals surface area contributed by atoms with Gasteiger partial charge in [-0.3, -0.25) is 4.79 Å². The molecule has 23 heavy (non-hydrogen) atoms. The van der Waals surface area contributed by atoms with Gasteiger partial charge in [-0.05, 0) is 17.7 Å². The highest BCUT2D eigenvalue weighted by atomic mass is 35.5. The third kappa shape index (κ3) is 2.99. The molecule has 2 saturated heterocycles. The fourth-order valence-electron chi connectivity index (χ4n) is 2.56. The molecule has 2 fully saturated rings. The second-order valence-corrected chi connectivity index (χ2v) is 6.84. The summed E-state index contributed by atoms with van der Waals surface area (Å²) >= 11 is 7.45. The van der Waals surface area contributed by atoms with Crippen molar-refractivity contribution in [1.29, 1.82) is 0 Å². The summed E-state index contributed by atoms with van der Waals surface area (Å²) in [4.78, 5) is 23.7. The lowest BCUT2D eigenvalue weighted by atomic mass is 10.2. The number of carbonyl (C=O) groups excluding carboxylic acids is 1. The number of anilines is 1. The number of fused-ring (bicyclic) bond motifs is 1. The van der Waals surface area contributed by atoms with Gasteiger partial charge in [0.15, 0.2) is 5.82 Å². The molecule has 4 heterocycles. The number of hydrogen-bond acceptors (Lipinski definition) is 7. The van der Waals surface area contributed by atoms with Crippen molar-refractivity contribution in [2.45, 2.75) is 6.04 Å². The summed E-state index contributed by atoms with van der Waals surface area (Å²) < 4.78 is 11.3. The zero-order valence-corrected chi connectivity index (χ0v) is 13.8. The smallest absolute Gasteiger partial charge is 0.261 e. The first kappa shape index (κ1) is 15.1. The van der Waals surface area contributed by atoms with E-state index >= 15 is 0 Å². The van der Waals surface area contributed by atoms with E-state index in [-0.39, 0.29) is 17.2 Å². The highest BCUT2D eigenvalue weighted by Crippen LogP contribution is 2.33. The van der Waals surface area contributed by atoms with Gasteiger partial charge in [0.2, 0.25) is 5.28 Å². The van der Waals surface area contributed by atoms with Gasteiger partial charge < -0.3 is 19.7 Å². The Balaban J connectivity index is 1.67. The van der Waals surface area contributed by atoms with Crippen molar-refractivity contribution < 1.29 is 14.3 Å². The van der Waals surface area contributed by atoms with Crippen molar-refractivity contribution in [3.8, 4) is 0 Å². The van der Waals surface area contributed by atoms with E-state index in [1.165, 1.54) is 11.3 Å². The Kier molecular flexibility index (Phi) is 4.06. The molecule has 4 rings (SSSR count). The van der Waals surface area contributed by atoms with E-state index in [9.17, 15) is 4.79 Å². The number of morpholine rings is 1. The number of hydrogen-bond donors (Lipinski definition) is 1. The lowest BCUT2D eigenvalue weighted by Gasteiger charge is -2.28. The van der Waals surface area contributed by atoms with Crippen molar-refractivity contribution in [2.75, 3.05) is 44.4 Å². The van der Waals surface area contributed by atoms with Crippen LogP contribution in [0.15, 0.2) is 6.07 Å². The van der Waals surface area contributed by atoms with Gasteiger partial charge in [0.25, 0.3) is 5.91 Å². The number of amides is 1. The van der Waals surface area contributed by atoms with Gasteiger partial charge >= 0.3 is 0 Å². The maximum Gasteiger partial charge on any atom is 0.261 e. The van der Waals surface area contributed by atoms with Crippen LogP contribution < -0.4 is 10.2 Å². The Labute approximate surface area is 141 Å². The molecule has 0 aliphatic carbocycles. The fraction of sp³-hybridized carbons (Fsp3) is 0.500. The summed E-state index contributed by atoms with van der Waals surface area (Å²) in [5, 5.41) is 3.13. The predicted octanol–water partition coefficient (Wildman–Crippen LogP) is 1.31. The Bertz CT molecular complexity index is 743. The van der Waals surface area contributed by atoms with Crippen LogP contribution in [0.1, 0.15) is 9.67 Å². The number of nitrogens with one attached hydrogen (secondary N) is 1. The third-order valence-corrected chi connectivity index (χ3v) is 5.12. The van der Waals surface area contributed by atoms with Crippen molar-refractivity contribution in [3.05, 3.63) is 16.2 Å². The Morgan fingerprint density at radius 3 is 2.78 bits per heavy atom. The number of thiophene rings is 1. The van der Waals surface area contributed by atoms with E-state index in [1.807, 2.05) is 0 Å². The lowest BCUT2D eigenvalue weighted by Crippen LogP contribution is -2.48. The first-order valence-electron chi connectivity index (χ1n) is 7.39. The molecule has 0 spiro atoms. The van der Waals surface area contributed by atoms with E-state index in [4.69, 9.17) is 21.1 Å². The molecule has 2 aliphatic heterocycles. The van der Waals surface area contributed by atoms with Crippen molar-refractivity contribution in [2.24, 2.45) is 0 Å². The highest BCUT2D eigenvalue weighted by molar-refractivity contribution is 7.21. The van der Waals surface area contributed by atoms with Crippen molar-refractivity contribution in [3.63, 3.8) is 0 Å². The first-order valence-corrected chi connectivity index (χ1v) is 8.58. The molecule has 2 aliphatic rings. The number of carbonyl (C=O) groups is 1. The van der Waals surface area contributed by atoms with Crippen LogP contribution in [0.2, 0.25) is 5.28 Å². The van der Waals surface area contributed by atoms with Gasteiger partial charge in [0, 0.05) is 13.1 Å². The second kappa shape index (κ2) is 6.20. The van der Waals surface area contributed by atoms with Crippen LogP contribution in [-0.2, 0) is 9.47 Å². The molecule has 0 unspecified atom stereocenters. The van der Waals surface area contributed by atoms with Gasteiger partial charge in [-0.15, -0.1) is 11.3 Å². The molecule has 0 radical (unpaired) electrons. The Morgan fingerprint density at radius 1 is 1.30 bits per heavy atom. The second-order valence-electron chi connectivity index (χ2n) is 5.45. The van der Waals surface area contributed by atoms with Crippen LogP contribution in [0.3, 0.4) is 0 Å². The van der Waals surface area contributed by atoms with Crippen molar-refractivity contribution in [1.82, 2.24) is 15.3 Å². The van der Waals surface area contributed by atoms with Crippen LogP contribution >= 0.6 is 22.9 Å². The van der Waals surface area contributed by atoms with E-state index in [0.717, 1.165) is 23.6 Å². The molecular weight excluding hydrogens is 340 g/mol. The van der Waals surface area contributed by atoms with Gasteiger partial charge in [-0.25, -0.2) is 4.98 Å². The average Bonchev–Trinajstić information content (AvgIpc) is 2.94. The Morgan fingerprint density at radius 2 is 2.09 bits per heavy atom. The lowest BCUT2D eigenvalue weighted by molar-refractivity contribution is -0.00338. The zero-order valence-electron chi connectivity index (χ0n) is 12.2. The molecule has 2 aromatic heterocycles. The van der Waals surface area contributed by atoms with Crippen LogP contribution in [0, 0.1) is 0 Å². The maximum absolute atomic E-state index is 12.3. The van der Waals surface area contributed by atoms with Gasteiger partial charge in [-0.2, -0.15) is 4.98 Å². The number of aromatic nitrogens is 2. The van der Waals surface area contributed by atoms with E-state index < -0.39 is 0 Å². The average molecular weight is 355 g/mol. The zero-order chi connectivity index (χ0) is 15.8. The molecule has 1 N–H and O–H groups in total. The van der Waals surface area contributed by atoms with Gasteiger partial charge in [-0.1, -0.05) is 0 Å². The third-order valence-electron chi connectivity index (χ3n) is 3.83. The van der Waals surface area contributed by atoms with E-state index in [2.05, 4.69) is 20.2 Å². The summed E-state index contributed by atoms with van der Waals surface area (Å²) in [6.07, 6.45) is 0. The number of ether oxygens (including phenoxy) is 2.